The van der Waals surface area contributed by atoms with Gasteiger partial charge in [0.05, 0.1) is 22.2 Å². The Morgan fingerprint density at radius 2 is 1.85 bits per heavy atom. The molecule has 34 heavy (non-hydrogen) atoms. The summed E-state index contributed by atoms with van der Waals surface area (Å²) in [5.41, 5.74) is 6.35. The van der Waals surface area contributed by atoms with E-state index < -0.39 is 6.04 Å². The van der Waals surface area contributed by atoms with E-state index in [1.165, 1.54) is 5.56 Å². The maximum atomic E-state index is 13.4. The summed E-state index contributed by atoms with van der Waals surface area (Å²) in [6.07, 6.45) is 0. The van der Waals surface area contributed by atoms with Gasteiger partial charge in [-0.1, -0.05) is 41.0 Å². The summed E-state index contributed by atoms with van der Waals surface area (Å²) >= 11 is 7.78. The lowest BCUT2D eigenvalue weighted by molar-refractivity contribution is 0.244. The molecule has 0 spiro atoms. The number of thiophene rings is 1. The number of carbonyl (C=O) groups is 1. The zero-order chi connectivity index (χ0) is 24.0. The summed E-state index contributed by atoms with van der Waals surface area (Å²) in [5, 5.41) is 9.99. The fraction of sp³-hybridized carbons (Fsp3) is 0.192. The van der Waals surface area contributed by atoms with Crippen LogP contribution in [-0.2, 0) is 0 Å². The number of aromatic nitrogens is 2. The van der Waals surface area contributed by atoms with Crippen LogP contribution in [0.2, 0.25) is 5.02 Å². The maximum absolute atomic E-state index is 13.4. The van der Waals surface area contributed by atoms with Crippen molar-refractivity contribution in [3.05, 3.63) is 92.8 Å². The minimum atomic E-state index is -0.437. The molecule has 1 aliphatic rings. The first kappa shape index (κ1) is 22.4. The van der Waals surface area contributed by atoms with Gasteiger partial charge in [-0.3, -0.25) is 4.90 Å². The number of benzene rings is 2. The molecule has 2 aromatic heterocycles. The molecule has 0 bridgehead atoms. The Hall–Kier alpha value is -3.42. The first-order valence-electron chi connectivity index (χ1n) is 10.9. The third-order valence-corrected chi connectivity index (χ3v) is 7.44. The molecule has 5 rings (SSSR count). The van der Waals surface area contributed by atoms with Gasteiger partial charge < -0.3 is 9.84 Å². The number of rotatable bonds is 4. The molecule has 6 nitrogen and oxygen atoms in total. The summed E-state index contributed by atoms with van der Waals surface area (Å²) in [4.78, 5) is 20.6. The number of hydrogen-bond acceptors (Lipinski definition) is 5. The van der Waals surface area contributed by atoms with Gasteiger partial charge in [-0.2, -0.15) is 4.98 Å². The number of carbonyl (C=O) groups excluding carboxylic acids is 1. The first-order chi connectivity index (χ1) is 16.3. The summed E-state index contributed by atoms with van der Waals surface area (Å²) in [6.45, 7) is 7.94. The minimum absolute atomic E-state index is 0.232. The lowest BCUT2D eigenvalue weighted by Gasteiger charge is -2.35. The van der Waals surface area contributed by atoms with E-state index in [9.17, 15) is 4.79 Å². The number of aryl methyl sites for hydroxylation is 3. The molecular weight excluding hydrogens is 468 g/mol. The number of hydrogen-bond donors (Lipinski definition) is 1. The predicted molar refractivity (Wildman–Crippen MR) is 136 cm³/mol. The third-order valence-electron chi connectivity index (χ3n) is 6.15. The van der Waals surface area contributed by atoms with Crippen LogP contribution >= 0.6 is 22.9 Å². The van der Waals surface area contributed by atoms with Gasteiger partial charge in [0.25, 0.3) is 5.89 Å². The van der Waals surface area contributed by atoms with E-state index >= 15 is 0 Å². The van der Waals surface area contributed by atoms with Gasteiger partial charge in [0.15, 0.2) is 0 Å². The predicted octanol–water partition coefficient (Wildman–Crippen LogP) is 7.08. The van der Waals surface area contributed by atoms with Crippen molar-refractivity contribution in [2.45, 2.75) is 33.7 Å². The molecule has 1 unspecified atom stereocenters. The lowest BCUT2D eigenvalue weighted by Crippen LogP contribution is -2.46. The van der Waals surface area contributed by atoms with E-state index in [-0.39, 0.29) is 6.03 Å². The molecule has 3 heterocycles. The van der Waals surface area contributed by atoms with Gasteiger partial charge >= 0.3 is 6.03 Å². The molecule has 1 N–H and O–H groups in total. The Kier molecular flexibility index (Phi) is 5.75. The summed E-state index contributed by atoms with van der Waals surface area (Å²) in [7, 11) is 0. The van der Waals surface area contributed by atoms with Crippen LogP contribution in [0.1, 0.15) is 41.1 Å². The Bertz CT molecular complexity index is 1420. The van der Waals surface area contributed by atoms with Gasteiger partial charge in [0.1, 0.15) is 0 Å². The molecular formula is C26H23ClN4O2S. The minimum Gasteiger partial charge on any atom is -0.334 e. The molecule has 0 saturated carbocycles. The number of halogens is 1. The molecule has 0 saturated heterocycles. The van der Waals surface area contributed by atoms with Crippen LogP contribution < -0.4 is 10.2 Å². The van der Waals surface area contributed by atoms with Crippen molar-refractivity contribution in [3.63, 3.8) is 0 Å². The largest absolute Gasteiger partial charge is 0.334 e. The quantitative estimate of drug-likeness (QED) is 0.332. The lowest BCUT2D eigenvalue weighted by atomic mass is 9.92. The average Bonchev–Trinajstić information content (AvgIpc) is 3.50. The Morgan fingerprint density at radius 3 is 2.56 bits per heavy atom. The number of allylic oxidation sites excluding steroid dienone is 1. The fourth-order valence-electron chi connectivity index (χ4n) is 4.13. The number of amides is 2. The van der Waals surface area contributed by atoms with Gasteiger partial charge in [0.2, 0.25) is 5.82 Å². The monoisotopic (exact) mass is 490 g/mol. The highest BCUT2D eigenvalue weighted by atomic mass is 35.5. The maximum Gasteiger partial charge on any atom is 0.326 e. The Labute approximate surface area is 206 Å². The highest BCUT2D eigenvalue weighted by Crippen LogP contribution is 2.40. The van der Waals surface area contributed by atoms with Crippen LogP contribution in [0.5, 0.6) is 0 Å². The number of nitrogens with zero attached hydrogens (tertiary/aromatic N) is 3. The Balaban J connectivity index is 1.68. The fourth-order valence-corrected chi connectivity index (χ4v) is 4.90. The molecule has 4 aromatic rings. The molecule has 2 aromatic carbocycles. The average molecular weight is 491 g/mol. The molecule has 2 amide bonds. The van der Waals surface area contributed by atoms with Crippen LogP contribution in [0.25, 0.3) is 16.3 Å². The number of urea groups is 1. The van der Waals surface area contributed by atoms with Crippen LogP contribution in [0.3, 0.4) is 0 Å². The normalized spacial score (nSPS) is 16.2. The molecule has 172 valence electrons. The van der Waals surface area contributed by atoms with E-state index in [0.717, 1.165) is 32.8 Å². The van der Waals surface area contributed by atoms with Crippen molar-refractivity contribution < 1.29 is 9.32 Å². The van der Waals surface area contributed by atoms with Gasteiger partial charge in [-0.25, -0.2) is 4.79 Å². The highest BCUT2D eigenvalue weighted by Gasteiger charge is 2.36. The number of nitrogens with one attached hydrogen (secondary N) is 1. The molecule has 0 aliphatic carbocycles. The summed E-state index contributed by atoms with van der Waals surface area (Å²) in [5.74, 6) is 0.898. The van der Waals surface area contributed by atoms with E-state index in [0.29, 0.717) is 22.4 Å². The van der Waals surface area contributed by atoms with Crippen LogP contribution in [0.15, 0.2) is 64.1 Å². The summed E-state index contributed by atoms with van der Waals surface area (Å²) < 4.78 is 5.75. The van der Waals surface area contributed by atoms with Crippen molar-refractivity contribution >= 4 is 40.2 Å². The zero-order valence-electron chi connectivity index (χ0n) is 19.2. The van der Waals surface area contributed by atoms with E-state index in [1.807, 2.05) is 49.6 Å². The van der Waals surface area contributed by atoms with Gasteiger partial charge in [-0.05, 0) is 79.6 Å². The van der Waals surface area contributed by atoms with Crippen molar-refractivity contribution in [3.8, 4) is 10.7 Å². The SMILES string of the molecule is CC1=C(c2nc(-c3cccs3)no2)C(c2ccc(C)c(C)c2)NC(=O)N1c1ccc(Cl)c(C)c1. The first-order valence-corrected chi connectivity index (χ1v) is 12.1. The standard InChI is InChI=1S/C26H23ClN4O2S/c1-14-7-8-18(12-15(14)2)23-22(25-29-24(30-33-25)21-6-5-11-34-21)17(4)31(26(32)28-23)19-9-10-20(27)16(3)13-19/h5-13,23H,1-4H3,(H,28,32). The Morgan fingerprint density at radius 1 is 1.03 bits per heavy atom. The smallest absolute Gasteiger partial charge is 0.326 e. The third kappa shape index (κ3) is 3.91. The number of anilines is 1. The molecule has 8 heteroatoms. The second-order valence-corrected chi connectivity index (χ2v) is 9.75. The molecule has 1 aliphatic heterocycles. The van der Waals surface area contributed by atoms with E-state index in [1.54, 1.807) is 22.3 Å². The van der Waals surface area contributed by atoms with Gasteiger partial charge in [0, 0.05) is 10.7 Å². The van der Waals surface area contributed by atoms with E-state index in [4.69, 9.17) is 21.1 Å². The van der Waals surface area contributed by atoms with E-state index in [2.05, 4.69) is 36.5 Å². The van der Waals surface area contributed by atoms with Crippen LogP contribution in [0, 0.1) is 20.8 Å². The second-order valence-electron chi connectivity index (χ2n) is 8.39. The van der Waals surface area contributed by atoms with Crippen LogP contribution in [-0.4, -0.2) is 16.2 Å². The molecule has 0 fully saturated rings. The molecule has 1 atom stereocenters. The summed E-state index contributed by atoms with van der Waals surface area (Å²) in [6, 6.07) is 14.9. The van der Waals surface area contributed by atoms with Crippen molar-refractivity contribution in [1.82, 2.24) is 15.5 Å². The van der Waals surface area contributed by atoms with Crippen molar-refractivity contribution in [2.75, 3.05) is 4.90 Å². The van der Waals surface area contributed by atoms with Crippen molar-refractivity contribution in [1.29, 1.82) is 0 Å². The molecule has 0 radical (unpaired) electrons. The topological polar surface area (TPSA) is 71.3 Å². The van der Waals surface area contributed by atoms with Crippen molar-refractivity contribution in [2.24, 2.45) is 0 Å². The zero-order valence-corrected chi connectivity index (χ0v) is 20.8. The van der Waals surface area contributed by atoms with Gasteiger partial charge in [-0.15, -0.1) is 11.3 Å². The highest BCUT2D eigenvalue weighted by molar-refractivity contribution is 7.13. The van der Waals surface area contributed by atoms with Crippen LogP contribution in [0.4, 0.5) is 10.5 Å². The second kappa shape index (κ2) is 8.74.